The van der Waals surface area contributed by atoms with Gasteiger partial charge in [-0.15, -0.1) is 0 Å². The molecule has 110 valence electrons. The van der Waals surface area contributed by atoms with Crippen molar-refractivity contribution < 1.29 is 9.59 Å². The van der Waals surface area contributed by atoms with E-state index in [9.17, 15) is 9.59 Å². The van der Waals surface area contributed by atoms with Crippen LogP contribution in [0, 0.1) is 0 Å². The van der Waals surface area contributed by atoms with E-state index in [-0.39, 0.29) is 17.6 Å². The first-order valence-corrected chi connectivity index (χ1v) is 7.03. The maximum Gasteiger partial charge on any atom is 0.242 e. The number of nitrogens with zero attached hydrogens (tertiary/aromatic N) is 1. The molecule has 3 N–H and O–H groups in total. The molecule has 2 amide bonds. The number of amides is 2. The van der Waals surface area contributed by atoms with Crippen LogP contribution < -0.4 is 11.1 Å². The highest BCUT2D eigenvalue weighted by atomic mass is 32.1. The van der Waals surface area contributed by atoms with Gasteiger partial charge in [-0.3, -0.25) is 9.59 Å². The Morgan fingerprint density at radius 1 is 1.35 bits per heavy atom. The number of benzene rings is 1. The van der Waals surface area contributed by atoms with Crippen LogP contribution in [0.1, 0.15) is 5.56 Å². The molecule has 5 nitrogen and oxygen atoms in total. The minimum atomic E-state index is -0.703. The maximum absolute atomic E-state index is 12.1. The van der Waals surface area contributed by atoms with E-state index in [1.165, 1.54) is 4.90 Å². The topological polar surface area (TPSA) is 75.4 Å². The molecule has 20 heavy (non-hydrogen) atoms. The normalized spacial score (nSPS) is 13.4. The predicted octanol–water partition coefficient (Wildman–Crippen LogP) is 0.0592. The molecule has 1 aromatic carbocycles. The van der Waals surface area contributed by atoms with Crippen LogP contribution >= 0.6 is 12.6 Å². The Bertz CT molecular complexity index is 453. The quantitative estimate of drug-likeness (QED) is 0.650. The van der Waals surface area contributed by atoms with Crippen LogP contribution in [-0.4, -0.2) is 48.6 Å². The second kappa shape index (κ2) is 7.91. The molecule has 0 unspecified atom stereocenters. The summed E-state index contributed by atoms with van der Waals surface area (Å²) >= 11 is 4.02. The highest BCUT2D eigenvalue weighted by Gasteiger charge is 2.28. The standard InChI is InChI=1S/C14H21N3O2S/c1-16-13(18)12(8-10-6-4-3-5-7-10)17(2)14(19)11(15)9-20/h3-7,11-12,20H,8-9,15H2,1-2H3,(H,16,18)/t11-,12+/m1/s1. The molecule has 0 saturated heterocycles. The number of nitrogens with two attached hydrogens (primary N) is 1. The zero-order valence-corrected chi connectivity index (χ0v) is 12.6. The third kappa shape index (κ3) is 4.25. The number of thiol groups is 1. The lowest BCUT2D eigenvalue weighted by Gasteiger charge is -2.28. The minimum absolute atomic E-state index is 0.212. The van der Waals surface area contributed by atoms with E-state index in [4.69, 9.17) is 5.73 Å². The second-order valence-corrected chi connectivity index (χ2v) is 4.92. The first kappa shape index (κ1) is 16.5. The summed E-state index contributed by atoms with van der Waals surface area (Å²) in [5.74, 6) is -0.254. The molecule has 6 heteroatoms. The second-order valence-electron chi connectivity index (χ2n) is 4.56. The average molecular weight is 295 g/mol. The van der Waals surface area contributed by atoms with Gasteiger partial charge in [0.05, 0.1) is 6.04 Å². The fourth-order valence-corrected chi connectivity index (χ4v) is 2.06. The molecule has 0 aliphatic carbocycles. The van der Waals surface area contributed by atoms with Crippen molar-refractivity contribution in [3.8, 4) is 0 Å². The molecule has 0 radical (unpaired) electrons. The molecule has 0 heterocycles. The Balaban J connectivity index is 2.89. The Hall–Kier alpha value is -1.53. The number of rotatable bonds is 6. The summed E-state index contributed by atoms with van der Waals surface area (Å²) in [6.07, 6.45) is 0.446. The Morgan fingerprint density at radius 3 is 2.45 bits per heavy atom. The molecule has 2 atom stereocenters. The molecular formula is C14H21N3O2S. The maximum atomic E-state index is 12.1. The Labute approximate surface area is 124 Å². The SMILES string of the molecule is CNC(=O)[C@H](Cc1ccccc1)N(C)C(=O)[C@H](N)CS. The van der Waals surface area contributed by atoms with Crippen LogP contribution in [0.5, 0.6) is 0 Å². The van der Waals surface area contributed by atoms with Gasteiger partial charge in [0.25, 0.3) is 0 Å². The molecule has 0 spiro atoms. The van der Waals surface area contributed by atoms with Gasteiger partial charge in [0.1, 0.15) is 6.04 Å². The summed E-state index contributed by atoms with van der Waals surface area (Å²) in [6, 6.07) is 8.27. The molecule has 0 saturated carbocycles. The lowest BCUT2D eigenvalue weighted by Crippen LogP contribution is -2.53. The molecule has 0 aliphatic rings. The first-order valence-electron chi connectivity index (χ1n) is 6.39. The van der Waals surface area contributed by atoms with Crippen molar-refractivity contribution in [2.24, 2.45) is 5.73 Å². The van der Waals surface area contributed by atoms with Gasteiger partial charge in [-0.05, 0) is 5.56 Å². The number of carbonyl (C=O) groups is 2. The summed E-state index contributed by atoms with van der Waals surface area (Å²) in [4.78, 5) is 25.5. The number of likely N-dealkylation sites (N-methyl/N-ethyl adjacent to an activating group) is 2. The monoisotopic (exact) mass is 295 g/mol. The van der Waals surface area contributed by atoms with Crippen LogP contribution in [0.3, 0.4) is 0 Å². The highest BCUT2D eigenvalue weighted by molar-refractivity contribution is 7.80. The van der Waals surface area contributed by atoms with Crippen molar-refractivity contribution in [2.75, 3.05) is 19.8 Å². The molecule has 1 aromatic rings. The summed E-state index contributed by atoms with van der Waals surface area (Å²) in [6.45, 7) is 0. The summed E-state index contributed by atoms with van der Waals surface area (Å²) < 4.78 is 0. The van der Waals surface area contributed by atoms with Crippen molar-refractivity contribution >= 4 is 24.4 Å². The molecule has 0 aromatic heterocycles. The first-order chi connectivity index (χ1) is 9.51. The van der Waals surface area contributed by atoms with Crippen molar-refractivity contribution in [2.45, 2.75) is 18.5 Å². The van der Waals surface area contributed by atoms with E-state index >= 15 is 0 Å². The van der Waals surface area contributed by atoms with E-state index in [0.717, 1.165) is 5.56 Å². The van der Waals surface area contributed by atoms with E-state index in [1.807, 2.05) is 30.3 Å². The fourth-order valence-electron chi connectivity index (χ4n) is 1.90. The van der Waals surface area contributed by atoms with Crippen LogP contribution in [0.2, 0.25) is 0 Å². The summed E-state index contributed by atoms with van der Waals surface area (Å²) in [5.41, 5.74) is 6.68. The van der Waals surface area contributed by atoms with Gasteiger partial charge in [-0.1, -0.05) is 30.3 Å². The molecule has 0 aliphatic heterocycles. The third-order valence-corrected chi connectivity index (χ3v) is 3.54. The number of carbonyl (C=O) groups excluding carboxylic acids is 2. The molecule has 1 rings (SSSR count). The highest BCUT2D eigenvalue weighted by Crippen LogP contribution is 2.09. The average Bonchev–Trinajstić information content (AvgIpc) is 2.50. The van der Waals surface area contributed by atoms with Crippen molar-refractivity contribution in [1.82, 2.24) is 10.2 Å². The lowest BCUT2D eigenvalue weighted by atomic mass is 10.0. The van der Waals surface area contributed by atoms with E-state index in [0.29, 0.717) is 6.42 Å². The van der Waals surface area contributed by atoms with Crippen LogP contribution in [0.15, 0.2) is 30.3 Å². The van der Waals surface area contributed by atoms with Crippen LogP contribution in [0.4, 0.5) is 0 Å². The van der Waals surface area contributed by atoms with Gasteiger partial charge in [0.2, 0.25) is 11.8 Å². The molecule has 0 bridgehead atoms. The largest absolute Gasteiger partial charge is 0.357 e. The van der Waals surface area contributed by atoms with E-state index in [2.05, 4.69) is 17.9 Å². The van der Waals surface area contributed by atoms with Gasteiger partial charge < -0.3 is 16.0 Å². The van der Waals surface area contributed by atoms with Crippen molar-refractivity contribution in [3.63, 3.8) is 0 Å². The van der Waals surface area contributed by atoms with Gasteiger partial charge >= 0.3 is 0 Å². The summed E-state index contributed by atoms with van der Waals surface area (Å²) in [5, 5.41) is 2.59. The van der Waals surface area contributed by atoms with Crippen LogP contribution in [-0.2, 0) is 16.0 Å². The number of hydrogen-bond acceptors (Lipinski definition) is 4. The van der Waals surface area contributed by atoms with Crippen molar-refractivity contribution in [1.29, 1.82) is 0 Å². The summed E-state index contributed by atoms with van der Waals surface area (Å²) in [7, 11) is 3.14. The minimum Gasteiger partial charge on any atom is -0.357 e. The lowest BCUT2D eigenvalue weighted by molar-refractivity contribution is -0.139. The molecule has 0 fully saturated rings. The number of nitrogens with one attached hydrogen (secondary N) is 1. The van der Waals surface area contributed by atoms with E-state index in [1.54, 1.807) is 14.1 Å². The smallest absolute Gasteiger partial charge is 0.242 e. The van der Waals surface area contributed by atoms with Gasteiger partial charge in [0.15, 0.2) is 0 Å². The van der Waals surface area contributed by atoms with Crippen molar-refractivity contribution in [3.05, 3.63) is 35.9 Å². The fraction of sp³-hybridized carbons (Fsp3) is 0.429. The predicted molar refractivity (Wildman–Crippen MR) is 82.6 cm³/mol. The zero-order chi connectivity index (χ0) is 15.1. The Kier molecular flexibility index (Phi) is 6.54. The zero-order valence-electron chi connectivity index (χ0n) is 11.7. The third-order valence-electron chi connectivity index (χ3n) is 3.15. The van der Waals surface area contributed by atoms with E-state index < -0.39 is 12.1 Å². The van der Waals surface area contributed by atoms with Gasteiger partial charge in [-0.2, -0.15) is 12.6 Å². The van der Waals surface area contributed by atoms with Gasteiger partial charge in [-0.25, -0.2) is 0 Å². The van der Waals surface area contributed by atoms with Crippen LogP contribution in [0.25, 0.3) is 0 Å². The Morgan fingerprint density at radius 2 is 1.95 bits per heavy atom. The van der Waals surface area contributed by atoms with Gasteiger partial charge in [0, 0.05) is 26.3 Å². The molecular weight excluding hydrogens is 274 g/mol. The number of hydrogen-bond donors (Lipinski definition) is 3.